The molecular weight excluding hydrogens is 369 g/mol. The van der Waals surface area contributed by atoms with Crippen LogP contribution in [0.2, 0.25) is 5.02 Å². The summed E-state index contributed by atoms with van der Waals surface area (Å²) in [6, 6.07) is 13.4. The molecule has 2 N–H and O–H groups in total. The van der Waals surface area contributed by atoms with Crippen molar-refractivity contribution in [2.45, 2.75) is 4.90 Å². The molecule has 1 amide bonds. The first-order valence-corrected chi connectivity index (χ1v) is 8.86. The highest BCUT2D eigenvalue weighted by atomic mass is 35.5. The van der Waals surface area contributed by atoms with Gasteiger partial charge in [0, 0.05) is 10.4 Å². The quantitative estimate of drug-likeness (QED) is 0.682. The molecule has 0 unspecified atom stereocenters. The molecule has 0 spiro atoms. The van der Waals surface area contributed by atoms with E-state index in [0.29, 0.717) is 5.52 Å². The molecule has 0 aliphatic rings. The van der Waals surface area contributed by atoms with Crippen molar-refractivity contribution in [3.05, 3.63) is 71.1 Å². The van der Waals surface area contributed by atoms with Crippen LogP contribution in [0.4, 0.5) is 4.39 Å². The number of halogens is 2. The summed E-state index contributed by atoms with van der Waals surface area (Å²) < 4.78 is 37.9. The fourth-order valence-electron chi connectivity index (χ4n) is 2.12. The second-order valence-electron chi connectivity index (χ2n) is 5.02. The van der Waals surface area contributed by atoms with Crippen LogP contribution in [0.1, 0.15) is 10.5 Å². The number of hydrazine groups is 1. The maximum Gasteiger partial charge on any atom is 0.284 e. The second-order valence-corrected chi connectivity index (χ2v) is 7.11. The molecule has 1 aromatic heterocycles. The number of nitrogens with one attached hydrogen (secondary N) is 2. The summed E-state index contributed by atoms with van der Waals surface area (Å²) in [7, 11) is -4.30. The van der Waals surface area contributed by atoms with Gasteiger partial charge in [-0.25, -0.2) is 17.8 Å². The average Bonchev–Trinajstić information content (AvgIpc) is 2.59. The standard InChI is InChI=1S/C16H11ClFN3O3S/c17-11-6-8-15(12(18)9-11)25(23,24)21-20-16(22)14-7-5-10-3-1-2-4-13(10)19-14/h1-9,21H,(H,20,22). The van der Waals surface area contributed by atoms with Crippen molar-refractivity contribution in [3.8, 4) is 0 Å². The molecule has 0 saturated heterocycles. The lowest BCUT2D eigenvalue weighted by atomic mass is 10.2. The van der Waals surface area contributed by atoms with Crippen molar-refractivity contribution in [1.29, 1.82) is 0 Å². The summed E-state index contributed by atoms with van der Waals surface area (Å²) in [5.74, 6) is -1.80. The summed E-state index contributed by atoms with van der Waals surface area (Å²) in [5, 5.41) is 0.892. The third-order valence-electron chi connectivity index (χ3n) is 3.31. The van der Waals surface area contributed by atoms with E-state index in [1.54, 1.807) is 18.2 Å². The molecule has 0 saturated carbocycles. The van der Waals surface area contributed by atoms with Crippen LogP contribution in [0.5, 0.6) is 0 Å². The lowest BCUT2D eigenvalue weighted by Crippen LogP contribution is -2.42. The zero-order valence-corrected chi connectivity index (χ0v) is 14.1. The van der Waals surface area contributed by atoms with E-state index in [1.807, 2.05) is 22.4 Å². The molecule has 0 radical (unpaired) electrons. The molecule has 0 aliphatic heterocycles. The number of fused-ring (bicyclic) bond motifs is 1. The molecule has 128 valence electrons. The van der Waals surface area contributed by atoms with Crippen LogP contribution in [0.3, 0.4) is 0 Å². The van der Waals surface area contributed by atoms with E-state index in [1.165, 1.54) is 12.1 Å². The smallest absolute Gasteiger partial charge is 0.272 e. The lowest BCUT2D eigenvalue weighted by Gasteiger charge is -2.09. The minimum absolute atomic E-state index is 0.0120. The number of aromatic nitrogens is 1. The van der Waals surface area contributed by atoms with Crippen LogP contribution in [0.15, 0.2) is 59.5 Å². The van der Waals surface area contributed by atoms with Gasteiger partial charge in [0.05, 0.1) is 5.52 Å². The van der Waals surface area contributed by atoms with Gasteiger partial charge in [-0.05, 0) is 30.3 Å². The maximum atomic E-state index is 13.7. The Labute approximate surface area is 147 Å². The van der Waals surface area contributed by atoms with Crippen LogP contribution in [-0.4, -0.2) is 19.3 Å². The molecule has 2 aromatic carbocycles. The molecule has 0 aliphatic carbocycles. The van der Waals surface area contributed by atoms with E-state index < -0.39 is 26.6 Å². The zero-order chi connectivity index (χ0) is 18.0. The summed E-state index contributed by atoms with van der Waals surface area (Å²) in [6.07, 6.45) is 0. The molecule has 25 heavy (non-hydrogen) atoms. The number of hydrogen-bond donors (Lipinski definition) is 2. The Hall–Kier alpha value is -2.55. The molecule has 3 rings (SSSR count). The Morgan fingerprint density at radius 3 is 2.60 bits per heavy atom. The number of sulfonamides is 1. The predicted molar refractivity (Wildman–Crippen MR) is 90.9 cm³/mol. The second kappa shape index (κ2) is 6.75. The van der Waals surface area contributed by atoms with Gasteiger partial charge >= 0.3 is 0 Å². The van der Waals surface area contributed by atoms with Gasteiger partial charge in [0.1, 0.15) is 16.4 Å². The van der Waals surface area contributed by atoms with Gasteiger partial charge in [0.25, 0.3) is 15.9 Å². The Balaban J connectivity index is 1.78. The monoisotopic (exact) mass is 379 g/mol. The van der Waals surface area contributed by atoms with E-state index in [2.05, 4.69) is 4.98 Å². The zero-order valence-electron chi connectivity index (χ0n) is 12.5. The van der Waals surface area contributed by atoms with Crippen LogP contribution in [0, 0.1) is 5.82 Å². The molecule has 3 aromatic rings. The fourth-order valence-corrected chi connectivity index (χ4v) is 3.18. The van der Waals surface area contributed by atoms with Gasteiger partial charge in [-0.3, -0.25) is 10.2 Å². The van der Waals surface area contributed by atoms with Crippen LogP contribution < -0.4 is 10.3 Å². The largest absolute Gasteiger partial charge is 0.284 e. The normalized spacial score (nSPS) is 11.4. The summed E-state index contributed by atoms with van der Waals surface area (Å²) in [6.45, 7) is 0. The predicted octanol–water partition coefficient (Wildman–Crippen LogP) is 2.65. The Kier molecular flexibility index (Phi) is 4.67. The minimum atomic E-state index is -4.30. The number of pyridine rings is 1. The Bertz CT molecular complexity index is 1070. The van der Waals surface area contributed by atoms with Crippen molar-refractivity contribution in [1.82, 2.24) is 15.2 Å². The average molecular weight is 380 g/mol. The first-order valence-electron chi connectivity index (χ1n) is 7.00. The highest BCUT2D eigenvalue weighted by molar-refractivity contribution is 7.89. The molecule has 1 heterocycles. The van der Waals surface area contributed by atoms with Crippen molar-refractivity contribution in [2.75, 3.05) is 0 Å². The Morgan fingerprint density at radius 1 is 1.08 bits per heavy atom. The van der Waals surface area contributed by atoms with Gasteiger partial charge < -0.3 is 0 Å². The summed E-state index contributed by atoms with van der Waals surface area (Å²) in [5.41, 5.74) is 2.60. The van der Waals surface area contributed by atoms with Crippen LogP contribution in [0.25, 0.3) is 10.9 Å². The number of hydrogen-bond acceptors (Lipinski definition) is 4. The van der Waals surface area contributed by atoms with Gasteiger partial charge in [-0.1, -0.05) is 35.9 Å². The number of para-hydroxylation sites is 1. The van der Waals surface area contributed by atoms with Crippen molar-refractivity contribution >= 4 is 38.4 Å². The maximum absolute atomic E-state index is 13.7. The van der Waals surface area contributed by atoms with Gasteiger partial charge in [-0.15, -0.1) is 4.83 Å². The molecule has 6 nitrogen and oxygen atoms in total. The van der Waals surface area contributed by atoms with E-state index in [9.17, 15) is 17.6 Å². The first kappa shape index (κ1) is 17.3. The molecule has 0 fully saturated rings. The SMILES string of the molecule is O=C(NNS(=O)(=O)c1ccc(Cl)cc1F)c1ccc2ccccc2n1. The molecular formula is C16H11ClFN3O3S. The van der Waals surface area contributed by atoms with E-state index >= 15 is 0 Å². The van der Waals surface area contributed by atoms with E-state index in [0.717, 1.165) is 17.5 Å². The Morgan fingerprint density at radius 2 is 1.84 bits per heavy atom. The third-order valence-corrected chi connectivity index (χ3v) is 4.83. The number of nitrogens with zero attached hydrogens (tertiary/aromatic N) is 1. The van der Waals surface area contributed by atoms with Crippen molar-refractivity contribution < 1.29 is 17.6 Å². The van der Waals surface area contributed by atoms with Gasteiger partial charge in [0.2, 0.25) is 0 Å². The number of amides is 1. The number of rotatable bonds is 4. The summed E-state index contributed by atoms with van der Waals surface area (Å²) in [4.78, 5) is 17.4. The van der Waals surface area contributed by atoms with Gasteiger partial charge in [0.15, 0.2) is 0 Å². The number of carbonyl (C=O) groups excluding carboxylic acids is 1. The first-order chi connectivity index (χ1) is 11.9. The van der Waals surface area contributed by atoms with Crippen molar-refractivity contribution in [2.24, 2.45) is 0 Å². The van der Waals surface area contributed by atoms with E-state index in [-0.39, 0.29) is 10.7 Å². The highest BCUT2D eigenvalue weighted by Gasteiger charge is 2.20. The van der Waals surface area contributed by atoms with Gasteiger partial charge in [-0.2, -0.15) is 0 Å². The fraction of sp³-hybridized carbons (Fsp3) is 0. The highest BCUT2D eigenvalue weighted by Crippen LogP contribution is 2.18. The van der Waals surface area contributed by atoms with Crippen molar-refractivity contribution in [3.63, 3.8) is 0 Å². The number of benzene rings is 2. The number of carbonyl (C=O) groups is 1. The molecule has 0 bridgehead atoms. The molecule has 9 heteroatoms. The van der Waals surface area contributed by atoms with Crippen LogP contribution >= 0.6 is 11.6 Å². The lowest BCUT2D eigenvalue weighted by molar-refractivity contribution is 0.0940. The summed E-state index contributed by atoms with van der Waals surface area (Å²) >= 11 is 5.59. The molecule has 0 atom stereocenters. The van der Waals surface area contributed by atoms with Crippen LogP contribution in [-0.2, 0) is 10.0 Å². The van der Waals surface area contributed by atoms with E-state index in [4.69, 9.17) is 11.6 Å². The third kappa shape index (κ3) is 3.76. The topological polar surface area (TPSA) is 88.2 Å². The minimum Gasteiger partial charge on any atom is -0.272 e.